The van der Waals surface area contributed by atoms with Gasteiger partial charge < -0.3 is 5.32 Å². The van der Waals surface area contributed by atoms with Crippen LogP contribution < -0.4 is 5.32 Å². The molecule has 5 nitrogen and oxygen atoms in total. The average Bonchev–Trinajstić information content (AvgIpc) is 2.37. The Kier molecular flexibility index (Phi) is 3.73. The first-order chi connectivity index (χ1) is 9.04. The molecule has 0 saturated carbocycles. The first kappa shape index (κ1) is 13.4. The van der Waals surface area contributed by atoms with E-state index in [1.54, 1.807) is 18.2 Å². The number of rotatable bonds is 2. The second kappa shape index (κ2) is 5.29. The second-order valence-corrected chi connectivity index (χ2v) is 6.81. The first-order valence-corrected chi connectivity index (χ1v) is 7.77. The summed E-state index contributed by atoms with van der Waals surface area (Å²) in [6.45, 7) is 0. The van der Waals surface area contributed by atoms with E-state index in [0.29, 0.717) is 23.2 Å². The highest BCUT2D eigenvalue weighted by atomic mass is 32.2. The van der Waals surface area contributed by atoms with E-state index in [2.05, 4.69) is 5.32 Å². The Labute approximate surface area is 112 Å². The predicted molar refractivity (Wildman–Crippen MR) is 71.2 cm³/mol. The molecular weight excluding hydrogens is 262 g/mol. The highest BCUT2D eigenvalue weighted by Crippen LogP contribution is 2.20. The van der Waals surface area contributed by atoms with Crippen LogP contribution in [0.25, 0.3) is 0 Å². The van der Waals surface area contributed by atoms with Crippen LogP contribution in [0.15, 0.2) is 18.2 Å². The summed E-state index contributed by atoms with van der Waals surface area (Å²) in [6, 6.07) is 8.62. The summed E-state index contributed by atoms with van der Waals surface area (Å²) < 4.78 is 23.1. The number of anilines is 1. The zero-order chi connectivity index (χ0) is 13.9. The van der Waals surface area contributed by atoms with Gasteiger partial charge in [-0.1, -0.05) is 0 Å². The molecule has 1 atom stereocenters. The van der Waals surface area contributed by atoms with Gasteiger partial charge in [0.1, 0.15) is 12.1 Å². The lowest BCUT2D eigenvalue weighted by atomic mass is 10.1. The van der Waals surface area contributed by atoms with Gasteiger partial charge in [-0.05, 0) is 31.0 Å². The molecule has 0 aliphatic carbocycles. The van der Waals surface area contributed by atoms with Crippen molar-refractivity contribution in [1.29, 1.82) is 10.5 Å². The van der Waals surface area contributed by atoms with Gasteiger partial charge in [-0.15, -0.1) is 0 Å². The van der Waals surface area contributed by atoms with Crippen LogP contribution in [0.2, 0.25) is 0 Å². The summed E-state index contributed by atoms with van der Waals surface area (Å²) >= 11 is 0. The molecule has 0 aromatic heterocycles. The SMILES string of the molecule is N#Cc1ccc(NC2CCCS(=O)(=O)C2)cc1C#N. The molecule has 1 heterocycles. The molecule has 98 valence electrons. The number of nitrogens with one attached hydrogen (secondary N) is 1. The van der Waals surface area contributed by atoms with Crippen LogP contribution in [-0.2, 0) is 9.84 Å². The van der Waals surface area contributed by atoms with E-state index in [0.717, 1.165) is 6.42 Å². The minimum atomic E-state index is -2.96. The quantitative estimate of drug-likeness (QED) is 0.880. The summed E-state index contributed by atoms with van der Waals surface area (Å²) in [4.78, 5) is 0. The number of hydrogen-bond acceptors (Lipinski definition) is 5. The molecule has 0 radical (unpaired) electrons. The van der Waals surface area contributed by atoms with Crippen molar-refractivity contribution in [1.82, 2.24) is 0 Å². The molecule has 1 N–H and O–H groups in total. The summed E-state index contributed by atoms with van der Waals surface area (Å²) in [7, 11) is -2.96. The fourth-order valence-electron chi connectivity index (χ4n) is 2.20. The largest absolute Gasteiger partial charge is 0.381 e. The molecule has 0 amide bonds. The van der Waals surface area contributed by atoms with Crippen LogP contribution in [0.5, 0.6) is 0 Å². The summed E-state index contributed by atoms with van der Waals surface area (Å²) in [5.41, 5.74) is 1.30. The minimum absolute atomic E-state index is 0.120. The van der Waals surface area contributed by atoms with Crippen LogP contribution in [0.1, 0.15) is 24.0 Å². The van der Waals surface area contributed by atoms with Gasteiger partial charge in [-0.25, -0.2) is 8.42 Å². The molecule has 6 heteroatoms. The van der Waals surface area contributed by atoms with Crippen LogP contribution in [0.3, 0.4) is 0 Å². The Morgan fingerprint density at radius 1 is 1.21 bits per heavy atom. The van der Waals surface area contributed by atoms with Gasteiger partial charge in [-0.3, -0.25) is 0 Å². The third kappa shape index (κ3) is 3.24. The molecule has 2 rings (SSSR count). The maximum atomic E-state index is 11.5. The number of sulfone groups is 1. The van der Waals surface area contributed by atoms with E-state index in [9.17, 15) is 8.42 Å². The molecule has 0 spiro atoms. The Morgan fingerprint density at radius 3 is 2.58 bits per heavy atom. The first-order valence-electron chi connectivity index (χ1n) is 5.95. The molecule has 1 aliphatic heterocycles. The van der Waals surface area contributed by atoms with Gasteiger partial charge in [-0.2, -0.15) is 10.5 Å². The topological polar surface area (TPSA) is 93.8 Å². The standard InChI is InChI=1S/C13H13N3O2S/c14-7-10-3-4-12(6-11(10)8-15)16-13-2-1-5-19(17,18)9-13/h3-4,6,13,16H,1-2,5,9H2. The lowest BCUT2D eigenvalue weighted by molar-refractivity contribution is 0.562. The van der Waals surface area contributed by atoms with E-state index in [1.807, 2.05) is 12.1 Å². The molecule has 1 saturated heterocycles. The van der Waals surface area contributed by atoms with Gasteiger partial charge in [0.05, 0.1) is 22.6 Å². The van der Waals surface area contributed by atoms with E-state index in [1.165, 1.54) is 0 Å². The zero-order valence-corrected chi connectivity index (χ0v) is 11.1. The van der Waals surface area contributed by atoms with E-state index in [4.69, 9.17) is 10.5 Å². The van der Waals surface area contributed by atoms with Crippen molar-refractivity contribution in [2.75, 3.05) is 16.8 Å². The monoisotopic (exact) mass is 275 g/mol. The smallest absolute Gasteiger partial charge is 0.152 e. The predicted octanol–water partition coefficient (Wildman–Crippen LogP) is 1.42. The molecule has 1 aromatic carbocycles. The lowest BCUT2D eigenvalue weighted by Crippen LogP contribution is -2.34. The van der Waals surface area contributed by atoms with Crippen LogP contribution in [0.4, 0.5) is 5.69 Å². The Bertz CT molecular complexity index is 668. The minimum Gasteiger partial charge on any atom is -0.381 e. The number of nitrogens with zero attached hydrogens (tertiary/aromatic N) is 2. The molecule has 1 unspecified atom stereocenters. The van der Waals surface area contributed by atoms with Gasteiger partial charge in [0.15, 0.2) is 9.84 Å². The fraction of sp³-hybridized carbons (Fsp3) is 0.385. The molecule has 1 fully saturated rings. The van der Waals surface area contributed by atoms with Crippen molar-refractivity contribution < 1.29 is 8.42 Å². The fourth-order valence-corrected chi connectivity index (χ4v) is 3.83. The summed E-state index contributed by atoms with van der Waals surface area (Å²) in [6.07, 6.45) is 1.45. The van der Waals surface area contributed by atoms with E-state index < -0.39 is 9.84 Å². The maximum Gasteiger partial charge on any atom is 0.152 e. The van der Waals surface area contributed by atoms with Gasteiger partial charge in [0.2, 0.25) is 0 Å². The summed E-state index contributed by atoms with van der Waals surface area (Å²) in [5, 5.41) is 20.9. The van der Waals surface area contributed by atoms with Gasteiger partial charge in [0.25, 0.3) is 0 Å². The molecule has 1 aromatic rings. The molecule has 0 bridgehead atoms. The average molecular weight is 275 g/mol. The molecule has 1 aliphatic rings. The zero-order valence-electron chi connectivity index (χ0n) is 10.3. The van der Waals surface area contributed by atoms with Crippen molar-refractivity contribution >= 4 is 15.5 Å². The molecule has 19 heavy (non-hydrogen) atoms. The van der Waals surface area contributed by atoms with Crippen molar-refractivity contribution in [3.8, 4) is 12.1 Å². The van der Waals surface area contributed by atoms with E-state index >= 15 is 0 Å². The third-order valence-electron chi connectivity index (χ3n) is 3.09. The van der Waals surface area contributed by atoms with Crippen LogP contribution in [0, 0.1) is 22.7 Å². The maximum absolute atomic E-state index is 11.5. The lowest BCUT2D eigenvalue weighted by Gasteiger charge is -2.24. The Balaban J connectivity index is 2.16. The third-order valence-corrected chi connectivity index (χ3v) is 4.92. The van der Waals surface area contributed by atoms with E-state index in [-0.39, 0.29) is 17.5 Å². The van der Waals surface area contributed by atoms with Crippen molar-refractivity contribution in [3.05, 3.63) is 29.3 Å². The number of hydrogen-bond donors (Lipinski definition) is 1. The molecular formula is C13H13N3O2S. The highest BCUT2D eigenvalue weighted by Gasteiger charge is 2.24. The summed E-state index contributed by atoms with van der Waals surface area (Å²) in [5.74, 6) is 0.372. The Morgan fingerprint density at radius 2 is 1.95 bits per heavy atom. The van der Waals surface area contributed by atoms with Crippen molar-refractivity contribution in [2.24, 2.45) is 0 Å². The normalized spacial score (nSPS) is 21.1. The van der Waals surface area contributed by atoms with Crippen LogP contribution in [-0.4, -0.2) is 26.0 Å². The Hall–Kier alpha value is -2.05. The number of nitriles is 2. The van der Waals surface area contributed by atoms with Crippen molar-refractivity contribution in [2.45, 2.75) is 18.9 Å². The highest BCUT2D eigenvalue weighted by molar-refractivity contribution is 7.91. The van der Waals surface area contributed by atoms with Crippen molar-refractivity contribution in [3.63, 3.8) is 0 Å². The second-order valence-electron chi connectivity index (χ2n) is 4.58. The van der Waals surface area contributed by atoms with Gasteiger partial charge in [0, 0.05) is 11.7 Å². The van der Waals surface area contributed by atoms with Gasteiger partial charge >= 0.3 is 0 Å². The van der Waals surface area contributed by atoms with Crippen LogP contribution >= 0.6 is 0 Å². The number of benzene rings is 1.